The van der Waals surface area contributed by atoms with Crippen LogP contribution in [0, 0.1) is 5.82 Å². The number of nitrogens with one attached hydrogen (secondary N) is 1. The summed E-state index contributed by atoms with van der Waals surface area (Å²) in [5.41, 5.74) is 5.15. The molecule has 4 aromatic rings. The van der Waals surface area contributed by atoms with Crippen LogP contribution in [0.3, 0.4) is 0 Å². The highest BCUT2D eigenvalue weighted by atomic mass is 28.3. The topological polar surface area (TPSA) is 60.9 Å². The molecule has 0 spiro atoms. The highest BCUT2D eigenvalue weighted by molar-refractivity contribution is 6.77. The minimum Gasteiger partial charge on any atom is -0.496 e. The lowest BCUT2D eigenvalue weighted by molar-refractivity contribution is 0.413. The Bertz CT molecular complexity index is 1430. The number of H-pyrrole nitrogens is 1. The molecule has 186 valence electrons. The fourth-order valence-corrected chi connectivity index (χ4v) is 7.01. The highest BCUT2D eigenvalue weighted by Gasteiger charge is 2.27. The van der Waals surface area contributed by atoms with Gasteiger partial charge in [0.25, 0.3) is 0 Å². The summed E-state index contributed by atoms with van der Waals surface area (Å²) in [5.74, 6) is 0.140. The maximum absolute atomic E-state index is 14.7. The molecule has 1 fully saturated rings. The van der Waals surface area contributed by atoms with Crippen molar-refractivity contribution in [3.63, 3.8) is 0 Å². The van der Waals surface area contributed by atoms with Crippen LogP contribution in [-0.2, 0) is 0 Å². The minimum atomic E-state index is -1.01. The molecule has 5 nitrogen and oxygen atoms in total. The van der Waals surface area contributed by atoms with Crippen LogP contribution in [0.25, 0.3) is 22.0 Å². The van der Waals surface area contributed by atoms with Crippen LogP contribution in [0.2, 0.25) is 25.2 Å². The first kappa shape index (κ1) is 24.1. The van der Waals surface area contributed by atoms with Crippen molar-refractivity contribution in [2.45, 2.75) is 32.1 Å². The zero-order chi connectivity index (χ0) is 25.4. The van der Waals surface area contributed by atoms with E-state index < -0.39 is 8.07 Å². The van der Waals surface area contributed by atoms with Gasteiger partial charge in [-0.15, -0.1) is 0 Å². The summed E-state index contributed by atoms with van der Waals surface area (Å²) in [5, 5.41) is 11.5. The molecule has 0 unspecified atom stereocenters. The molecular weight excluding hydrogens is 469 g/mol. The van der Waals surface area contributed by atoms with Gasteiger partial charge >= 0.3 is 0 Å². The summed E-state index contributed by atoms with van der Waals surface area (Å²) in [6, 6.07) is 21.3. The number of hydrogen-bond acceptors (Lipinski definition) is 4. The van der Waals surface area contributed by atoms with Gasteiger partial charge in [-0.05, 0) is 73.1 Å². The summed E-state index contributed by atoms with van der Waals surface area (Å²) in [7, 11) is 0.519. The van der Waals surface area contributed by atoms with Crippen LogP contribution < -0.4 is 9.64 Å². The van der Waals surface area contributed by atoms with Crippen LogP contribution in [0.4, 0.5) is 15.8 Å². The molecule has 2 heterocycles. The largest absolute Gasteiger partial charge is 0.496 e. The van der Waals surface area contributed by atoms with Crippen molar-refractivity contribution in [2.75, 3.05) is 25.1 Å². The molecule has 0 bridgehead atoms. The Labute approximate surface area is 212 Å². The number of benzene rings is 3. The Balaban J connectivity index is 1.46. The molecule has 0 radical (unpaired) electrons. The van der Waals surface area contributed by atoms with Gasteiger partial charge in [0.1, 0.15) is 11.6 Å². The molecule has 3 aromatic carbocycles. The van der Waals surface area contributed by atoms with Crippen molar-refractivity contribution >= 4 is 36.1 Å². The smallest absolute Gasteiger partial charge is 0.198 e. The van der Waals surface area contributed by atoms with Gasteiger partial charge in [0.05, 0.1) is 37.7 Å². The van der Waals surface area contributed by atoms with Gasteiger partial charge in [-0.25, -0.2) is 4.39 Å². The van der Waals surface area contributed by atoms with Crippen LogP contribution in [-0.4, -0.2) is 44.1 Å². The summed E-state index contributed by atoms with van der Waals surface area (Å²) >= 11 is 0. The molecule has 0 saturated carbocycles. The minimum absolute atomic E-state index is 0.0422. The zero-order valence-electron chi connectivity index (χ0n) is 21.2. The fourth-order valence-electron chi connectivity index (χ4n) is 5.01. The van der Waals surface area contributed by atoms with Crippen molar-refractivity contribution < 1.29 is 14.2 Å². The van der Waals surface area contributed by atoms with Crippen LogP contribution in [0.1, 0.15) is 12.5 Å². The first-order valence-corrected chi connectivity index (χ1v) is 15.8. The Morgan fingerprint density at radius 1 is 1.06 bits per heavy atom. The van der Waals surface area contributed by atoms with Crippen molar-refractivity contribution in [1.29, 1.82) is 0 Å². The average Bonchev–Trinajstić information content (AvgIpc) is 3.19. The number of nitrogens with zero attached hydrogens (tertiary/aromatic N) is 2. The number of anilines is 1. The molecule has 1 saturated heterocycles. The van der Waals surface area contributed by atoms with Gasteiger partial charge in [0.2, 0.25) is 0 Å². The monoisotopic (exact) mass is 501 g/mol. The van der Waals surface area contributed by atoms with Gasteiger partial charge in [-0.3, -0.25) is 4.99 Å². The quantitative estimate of drug-likeness (QED) is 0.222. The fraction of sp³-hybridized carbons (Fsp3) is 0.276. The summed E-state index contributed by atoms with van der Waals surface area (Å²) in [4.78, 5) is 10.3. The highest BCUT2D eigenvalue weighted by Crippen LogP contribution is 2.37. The predicted octanol–water partition coefficient (Wildman–Crippen LogP) is 7.36. The first-order chi connectivity index (χ1) is 17.3. The van der Waals surface area contributed by atoms with Crippen molar-refractivity contribution in [2.24, 2.45) is 4.99 Å². The summed E-state index contributed by atoms with van der Waals surface area (Å²) in [6.45, 7) is 9.07. The second-order valence-corrected chi connectivity index (χ2v) is 15.6. The van der Waals surface area contributed by atoms with Gasteiger partial charge < -0.3 is 19.7 Å². The van der Waals surface area contributed by atoms with E-state index in [2.05, 4.69) is 35.1 Å². The Morgan fingerprint density at radius 3 is 2.47 bits per heavy atom. The van der Waals surface area contributed by atoms with Gasteiger partial charge in [0.15, 0.2) is 5.88 Å². The number of hydrogen-bond donors (Lipinski definition) is 2. The summed E-state index contributed by atoms with van der Waals surface area (Å²) < 4.78 is 20.1. The van der Waals surface area contributed by atoms with E-state index in [-0.39, 0.29) is 11.7 Å². The second kappa shape index (κ2) is 9.46. The number of fused-ring (bicyclic) bond motifs is 1. The number of aliphatic imine (C=N–C) groups is 1. The van der Waals surface area contributed by atoms with E-state index in [4.69, 9.17) is 9.73 Å². The van der Waals surface area contributed by atoms with Gasteiger partial charge in [-0.2, -0.15) is 0 Å². The number of aromatic nitrogens is 1. The average molecular weight is 502 g/mol. The van der Waals surface area contributed by atoms with E-state index in [9.17, 15) is 9.50 Å². The van der Waals surface area contributed by atoms with Gasteiger partial charge in [-0.1, -0.05) is 25.2 Å². The maximum atomic E-state index is 14.7. The number of aromatic amines is 1. The SMILES string of the molecule is COc1cccc(F)c1-c1ccc2[nH]c(O)c(C(C)=Nc3ccc(N4CC[Si](C)(C)CC4)cc3)c2c1. The first-order valence-electron chi connectivity index (χ1n) is 12.3. The number of methoxy groups -OCH3 is 1. The molecule has 1 aliphatic heterocycles. The van der Waals surface area contributed by atoms with Crippen LogP contribution >= 0.6 is 0 Å². The van der Waals surface area contributed by atoms with E-state index in [1.54, 1.807) is 12.1 Å². The van der Waals surface area contributed by atoms with E-state index in [0.29, 0.717) is 28.2 Å². The molecule has 0 aliphatic carbocycles. The molecule has 0 amide bonds. The van der Waals surface area contributed by atoms with Gasteiger partial charge in [0, 0.05) is 29.7 Å². The third kappa shape index (κ3) is 4.63. The Kier molecular flexibility index (Phi) is 6.34. The molecule has 36 heavy (non-hydrogen) atoms. The third-order valence-corrected chi connectivity index (χ3v) is 10.4. The number of halogens is 1. The maximum Gasteiger partial charge on any atom is 0.198 e. The molecule has 1 aliphatic rings. The molecule has 2 N–H and O–H groups in total. The Morgan fingerprint density at radius 2 is 1.78 bits per heavy atom. The van der Waals surface area contributed by atoms with Crippen molar-refractivity contribution in [1.82, 2.24) is 4.98 Å². The number of aromatic hydroxyl groups is 1. The van der Waals surface area contributed by atoms with Crippen LogP contribution in [0.5, 0.6) is 11.6 Å². The lowest BCUT2D eigenvalue weighted by Gasteiger charge is -2.37. The van der Waals surface area contributed by atoms with E-state index in [1.807, 2.05) is 37.3 Å². The number of rotatable bonds is 5. The second-order valence-electron chi connectivity index (χ2n) is 10.3. The molecule has 0 atom stereocenters. The molecule has 1 aromatic heterocycles. The third-order valence-electron chi connectivity index (χ3n) is 7.25. The molecule has 5 rings (SSSR count). The Hall–Kier alpha value is -3.58. The van der Waals surface area contributed by atoms with Crippen molar-refractivity contribution in [3.8, 4) is 22.8 Å². The van der Waals surface area contributed by atoms with E-state index in [1.165, 1.54) is 31.0 Å². The molecular formula is C29H32FN3O2Si. The predicted molar refractivity (Wildman–Crippen MR) is 150 cm³/mol. The lowest BCUT2D eigenvalue weighted by Crippen LogP contribution is -2.42. The normalized spacial score (nSPS) is 15.9. The standard InChI is InChI=1S/C29H32FN3O2Si/c1-19(31-21-9-11-22(12-10-21)33-14-16-36(3,4)17-15-33)27-23-18-20(8-13-25(23)32-29(27)34)28-24(30)6-5-7-26(28)35-2/h5-13,18,32,34H,14-17H2,1-4H3. The number of ether oxygens (including phenoxy) is 1. The van der Waals surface area contributed by atoms with E-state index in [0.717, 1.165) is 29.7 Å². The zero-order valence-corrected chi connectivity index (χ0v) is 22.2. The molecule has 7 heteroatoms. The summed E-state index contributed by atoms with van der Waals surface area (Å²) in [6.07, 6.45) is 0. The van der Waals surface area contributed by atoms with Crippen LogP contribution in [0.15, 0.2) is 65.7 Å². The van der Waals surface area contributed by atoms with Crippen molar-refractivity contribution in [3.05, 3.63) is 72.0 Å². The lowest BCUT2D eigenvalue weighted by atomic mass is 10.00. The van der Waals surface area contributed by atoms with E-state index >= 15 is 0 Å².